The monoisotopic (exact) mass is 259 g/mol. The number of hydrogen-bond donors (Lipinski definition) is 1. The zero-order valence-electron chi connectivity index (χ0n) is 10.9. The molecular formula is C14H17N3O2. The van der Waals surface area contributed by atoms with Crippen molar-refractivity contribution in [3.8, 4) is 17.3 Å². The average molecular weight is 259 g/mol. The van der Waals surface area contributed by atoms with Crippen LogP contribution in [0, 0.1) is 0 Å². The van der Waals surface area contributed by atoms with E-state index in [-0.39, 0.29) is 6.04 Å². The van der Waals surface area contributed by atoms with E-state index in [1.807, 2.05) is 12.1 Å². The van der Waals surface area contributed by atoms with Crippen molar-refractivity contribution in [2.24, 2.45) is 0 Å². The molecule has 1 unspecified atom stereocenters. The maximum atomic E-state index is 5.40. The third-order valence-electron chi connectivity index (χ3n) is 3.32. The van der Waals surface area contributed by atoms with Gasteiger partial charge in [0.05, 0.1) is 19.4 Å². The Morgan fingerprint density at radius 2 is 2.32 bits per heavy atom. The number of furan rings is 1. The van der Waals surface area contributed by atoms with Gasteiger partial charge in [-0.15, -0.1) is 0 Å². The van der Waals surface area contributed by atoms with Gasteiger partial charge in [-0.3, -0.25) is 0 Å². The van der Waals surface area contributed by atoms with Crippen LogP contribution in [-0.4, -0.2) is 23.6 Å². The minimum absolute atomic E-state index is 0.206. The maximum absolute atomic E-state index is 5.40. The Bertz CT molecular complexity index is 534. The SMILES string of the molecule is COc1cc(-c2ccco2)nc(C2CCCCN2)n1. The van der Waals surface area contributed by atoms with Gasteiger partial charge in [-0.05, 0) is 31.5 Å². The molecule has 2 aromatic heterocycles. The van der Waals surface area contributed by atoms with Crippen molar-refractivity contribution < 1.29 is 9.15 Å². The zero-order valence-corrected chi connectivity index (χ0v) is 10.9. The summed E-state index contributed by atoms with van der Waals surface area (Å²) in [6, 6.07) is 5.74. The third-order valence-corrected chi connectivity index (χ3v) is 3.32. The minimum Gasteiger partial charge on any atom is -0.481 e. The molecule has 0 aromatic carbocycles. The summed E-state index contributed by atoms with van der Waals surface area (Å²) in [6.45, 7) is 1.02. The highest BCUT2D eigenvalue weighted by atomic mass is 16.5. The summed E-state index contributed by atoms with van der Waals surface area (Å²) in [5, 5.41) is 3.45. The molecule has 0 aliphatic carbocycles. The van der Waals surface area contributed by atoms with Crippen molar-refractivity contribution in [1.82, 2.24) is 15.3 Å². The summed E-state index contributed by atoms with van der Waals surface area (Å²) in [7, 11) is 1.62. The van der Waals surface area contributed by atoms with E-state index in [0.29, 0.717) is 5.88 Å². The van der Waals surface area contributed by atoms with Crippen LogP contribution in [0.4, 0.5) is 0 Å². The molecule has 0 saturated carbocycles. The van der Waals surface area contributed by atoms with Crippen LogP contribution in [-0.2, 0) is 0 Å². The third kappa shape index (κ3) is 2.61. The molecule has 1 N–H and O–H groups in total. The molecule has 3 heterocycles. The van der Waals surface area contributed by atoms with Gasteiger partial charge in [0.25, 0.3) is 0 Å². The van der Waals surface area contributed by atoms with Crippen molar-refractivity contribution in [3.05, 3.63) is 30.3 Å². The fourth-order valence-corrected chi connectivity index (χ4v) is 2.33. The van der Waals surface area contributed by atoms with Crippen LogP contribution in [0.25, 0.3) is 11.5 Å². The molecular weight excluding hydrogens is 242 g/mol. The van der Waals surface area contributed by atoms with Gasteiger partial charge in [0.1, 0.15) is 11.5 Å². The van der Waals surface area contributed by atoms with Gasteiger partial charge < -0.3 is 14.5 Å². The van der Waals surface area contributed by atoms with Crippen LogP contribution in [0.1, 0.15) is 31.1 Å². The van der Waals surface area contributed by atoms with E-state index >= 15 is 0 Å². The number of hydrogen-bond acceptors (Lipinski definition) is 5. The Hall–Kier alpha value is -1.88. The van der Waals surface area contributed by atoms with E-state index in [0.717, 1.165) is 30.2 Å². The van der Waals surface area contributed by atoms with Gasteiger partial charge >= 0.3 is 0 Å². The first-order valence-electron chi connectivity index (χ1n) is 6.57. The number of nitrogens with zero attached hydrogens (tertiary/aromatic N) is 2. The predicted octanol–water partition coefficient (Wildman–Crippen LogP) is 2.56. The minimum atomic E-state index is 0.206. The van der Waals surface area contributed by atoms with Crippen molar-refractivity contribution in [2.45, 2.75) is 25.3 Å². The summed E-state index contributed by atoms with van der Waals surface area (Å²) in [5.74, 6) is 2.09. The Balaban J connectivity index is 1.97. The summed E-state index contributed by atoms with van der Waals surface area (Å²) >= 11 is 0. The summed E-state index contributed by atoms with van der Waals surface area (Å²) < 4.78 is 10.7. The normalized spacial score (nSPS) is 19.3. The molecule has 0 amide bonds. The lowest BCUT2D eigenvalue weighted by atomic mass is 10.0. The molecule has 1 saturated heterocycles. The Kier molecular flexibility index (Phi) is 3.46. The van der Waals surface area contributed by atoms with E-state index in [1.165, 1.54) is 12.8 Å². The second kappa shape index (κ2) is 5.40. The zero-order chi connectivity index (χ0) is 13.1. The van der Waals surface area contributed by atoms with E-state index in [4.69, 9.17) is 9.15 Å². The van der Waals surface area contributed by atoms with E-state index in [2.05, 4.69) is 15.3 Å². The fourth-order valence-electron chi connectivity index (χ4n) is 2.33. The molecule has 3 rings (SSSR count). The number of ether oxygens (including phenoxy) is 1. The molecule has 0 radical (unpaired) electrons. The topological polar surface area (TPSA) is 60.2 Å². The smallest absolute Gasteiger partial charge is 0.217 e. The number of rotatable bonds is 3. The molecule has 1 aliphatic heterocycles. The lowest BCUT2D eigenvalue weighted by molar-refractivity contribution is 0.372. The van der Waals surface area contributed by atoms with E-state index in [9.17, 15) is 0 Å². The standard InChI is InChI=1S/C14H17N3O2/c1-18-13-9-11(12-6-4-8-19-12)16-14(17-13)10-5-2-3-7-15-10/h4,6,8-10,15H,2-3,5,7H2,1H3. The predicted molar refractivity (Wildman–Crippen MR) is 70.9 cm³/mol. The van der Waals surface area contributed by atoms with Crippen molar-refractivity contribution in [1.29, 1.82) is 0 Å². The van der Waals surface area contributed by atoms with Crippen LogP contribution in [0.2, 0.25) is 0 Å². The number of piperidine rings is 1. The number of aromatic nitrogens is 2. The first-order valence-corrected chi connectivity index (χ1v) is 6.57. The van der Waals surface area contributed by atoms with Gasteiger partial charge in [-0.1, -0.05) is 6.42 Å². The second-order valence-electron chi connectivity index (χ2n) is 4.63. The highest BCUT2D eigenvalue weighted by Gasteiger charge is 2.19. The molecule has 0 bridgehead atoms. The van der Waals surface area contributed by atoms with Gasteiger partial charge in [-0.25, -0.2) is 4.98 Å². The summed E-state index contributed by atoms with van der Waals surface area (Å²) in [6.07, 6.45) is 5.12. The Morgan fingerprint density at radius 1 is 1.37 bits per heavy atom. The summed E-state index contributed by atoms with van der Waals surface area (Å²) in [5.41, 5.74) is 0.763. The molecule has 0 spiro atoms. The van der Waals surface area contributed by atoms with Crippen LogP contribution in [0.15, 0.2) is 28.9 Å². The molecule has 1 fully saturated rings. The van der Waals surface area contributed by atoms with Gasteiger partial charge in [0.15, 0.2) is 5.76 Å². The quantitative estimate of drug-likeness (QED) is 0.918. The average Bonchev–Trinajstić information content (AvgIpc) is 3.02. The van der Waals surface area contributed by atoms with Crippen LogP contribution in [0.3, 0.4) is 0 Å². The highest BCUT2D eigenvalue weighted by molar-refractivity contribution is 5.53. The van der Waals surface area contributed by atoms with Crippen molar-refractivity contribution >= 4 is 0 Å². The van der Waals surface area contributed by atoms with E-state index < -0.39 is 0 Å². The molecule has 19 heavy (non-hydrogen) atoms. The molecule has 100 valence electrons. The fraction of sp³-hybridized carbons (Fsp3) is 0.429. The van der Waals surface area contributed by atoms with Gasteiger partial charge in [0, 0.05) is 6.07 Å². The highest BCUT2D eigenvalue weighted by Crippen LogP contribution is 2.26. The second-order valence-corrected chi connectivity index (χ2v) is 4.63. The van der Waals surface area contributed by atoms with Crippen LogP contribution < -0.4 is 10.1 Å². The lowest BCUT2D eigenvalue weighted by Crippen LogP contribution is -2.28. The molecule has 5 nitrogen and oxygen atoms in total. The summed E-state index contributed by atoms with van der Waals surface area (Å²) in [4.78, 5) is 9.05. The Morgan fingerprint density at radius 3 is 3.00 bits per heavy atom. The van der Waals surface area contributed by atoms with Gasteiger partial charge in [-0.2, -0.15) is 4.98 Å². The van der Waals surface area contributed by atoms with Crippen molar-refractivity contribution in [3.63, 3.8) is 0 Å². The largest absolute Gasteiger partial charge is 0.481 e. The van der Waals surface area contributed by atoms with Crippen LogP contribution >= 0.6 is 0 Å². The maximum Gasteiger partial charge on any atom is 0.217 e. The van der Waals surface area contributed by atoms with Crippen LogP contribution in [0.5, 0.6) is 5.88 Å². The molecule has 2 aromatic rings. The first-order chi connectivity index (χ1) is 9.36. The molecule has 5 heteroatoms. The number of nitrogens with one attached hydrogen (secondary N) is 1. The molecule has 1 aliphatic rings. The van der Waals surface area contributed by atoms with E-state index in [1.54, 1.807) is 19.4 Å². The molecule has 1 atom stereocenters. The van der Waals surface area contributed by atoms with Crippen molar-refractivity contribution in [2.75, 3.05) is 13.7 Å². The number of methoxy groups -OCH3 is 1. The van der Waals surface area contributed by atoms with Gasteiger partial charge in [0.2, 0.25) is 5.88 Å². The lowest BCUT2D eigenvalue weighted by Gasteiger charge is -2.22. The Labute approximate surface area is 112 Å². The first kappa shape index (κ1) is 12.2.